The summed E-state index contributed by atoms with van der Waals surface area (Å²) in [6.45, 7) is 2.47. The van der Waals surface area contributed by atoms with Gasteiger partial charge in [-0.1, -0.05) is 0 Å². The molecule has 0 aliphatic carbocycles. The van der Waals surface area contributed by atoms with Crippen LogP contribution in [0.15, 0.2) is 24.5 Å². The van der Waals surface area contributed by atoms with Gasteiger partial charge >= 0.3 is 0 Å². The average molecular weight is 228 g/mol. The Morgan fingerprint density at radius 2 is 2.00 bits per heavy atom. The molecule has 15 heavy (non-hydrogen) atoms. The highest BCUT2D eigenvalue weighted by Crippen LogP contribution is 2.09. The van der Waals surface area contributed by atoms with Crippen molar-refractivity contribution >= 4 is 9.84 Å². The molecule has 0 aliphatic heterocycles. The van der Waals surface area contributed by atoms with Gasteiger partial charge in [-0.15, -0.1) is 0 Å². The summed E-state index contributed by atoms with van der Waals surface area (Å²) in [4.78, 5) is 3.92. The molecule has 4 nitrogen and oxygen atoms in total. The van der Waals surface area contributed by atoms with Crippen LogP contribution in [-0.2, 0) is 9.84 Å². The predicted molar refractivity (Wildman–Crippen MR) is 60.4 cm³/mol. The summed E-state index contributed by atoms with van der Waals surface area (Å²) in [5.41, 5.74) is 1.11. The fourth-order valence-electron chi connectivity index (χ4n) is 1.23. The van der Waals surface area contributed by atoms with E-state index in [0.29, 0.717) is 6.54 Å². The monoisotopic (exact) mass is 228 g/mol. The number of nitrogens with zero attached hydrogens (tertiary/aromatic N) is 1. The van der Waals surface area contributed by atoms with E-state index in [9.17, 15) is 8.42 Å². The van der Waals surface area contributed by atoms with E-state index in [2.05, 4.69) is 10.3 Å². The van der Waals surface area contributed by atoms with Crippen LogP contribution in [0.5, 0.6) is 0 Å². The quantitative estimate of drug-likeness (QED) is 0.809. The minimum atomic E-state index is -2.88. The molecule has 0 fully saturated rings. The normalized spacial score (nSPS) is 13.7. The number of pyridine rings is 1. The molecule has 0 bridgehead atoms. The number of sulfone groups is 1. The maximum atomic E-state index is 10.9. The van der Waals surface area contributed by atoms with Crippen molar-refractivity contribution in [3.63, 3.8) is 0 Å². The van der Waals surface area contributed by atoms with Crippen molar-refractivity contribution in [1.82, 2.24) is 10.3 Å². The first-order chi connectivity index (χ1) is 6.99. The number of nitrogens with one attached hydrogen (secondary N) is 1. The van der Waals surface area contributed by atoms with E-state index in [4.69, 9.17) is 0 Å². The lowest BCUT2D eigenvalue weighted by molar-refractivity contribution is 0.575. The Labute approximate surface area is 90.7 Å². The third-order valence-corrected chi connectivity index (χ3v) is 3.08. The van der Waals surface area contributed by atoms with Crippen molar-refractivity contribution in [2.24, 2.45) is 0 Å². The van der Waals surface area contributed by atoms with E-state index in [1.165, 1.54) is 6.26 Å². The lowest BCUT2D eigenvalue weighted by atomic mass is 10.1. The molecule has 1 rings (SSSR count). The second-order valence-corrected chi connectivity index (χ2v) is 5.85. The number of rotatable bonds is 5. The molecular weight excluding hydrogens is 212 g/mol. The molecule has 5 heteroatoms. The van der Waals surface area contributed by atoms with Crippen molar-refractivity contribution in [2.45, 2.75) is 13.0 Å². The Kier molecular flexibility index (Phi) is 4.23. The summed E-state index contributed by atoms with van der Waals surface area (Å²) >= 11 is 0. The van der Waals surface area contributed by atoms with Gasteiger partial charge < -0.3 is 5.32 Å². The molecule has 0 radical (unpaired) electrons. The van der Waals surface area contributed by atoms with Gasteiger partial charge in [0.2, 0.25) is 0 Å². The number of hydrogen-bond donors (Lipinski definition) is 1. The molecular formula is C10H16N2O2S. The van der Waals surface area contributed by atoms with Gasteiger partial charge in [-0.05, 0) is 24.6 Å². The molecule has 0 aliphatic rings. The van der Waals surface area contributed by atoms with Crippen LogP contribution in [0.3, 0.4) is 0 Å². The van der Waals surface area contributed by atoms with Crippen LogP contribution in [0.4, 0.5) is 0 Å². The van der Waals surface area contributed by atoms with Crippen LogP contribution in [0.2, 0.25) is 0 Å². The highest BCUT2D eigenvalue weighted by molar-refractivity contribution is 7.90. The summed E-state index contributed by atoms with van der Waals surface area (Å²) in [6, 6.07) is 3.98. The minimum Gasteiger partial charge on any atom is -0.309 e. The second-order valence-electron chi connectivity index (χ2n) is 3.59. The van der Waals surface area contributed by atoms with Crippen molar-refractivity contribution in [1.29, 1.82) is 0 Å². The number of hydrogen-bond acceptors (Lipinski definition) is 4. The fourth-order valence-corrected chi connectivity index (χ4v) is 1.72. The van der Waals surface area contributed by atoms with Gasteiger partial charge in [-0.3, -0.25) is 4.98 Å². The summed E-state index contributed by atoms with van der Waals surface area (Å²) in [7, 11) is -2.88. The average Bonchev–Trinajstić information content (AvgIpc) is 2.17. The fraction of sp³-hybridized carbons (Fsp3) is 0.500. The zero-order valence-electron chi connectivity index (χ0n) is 8.97. The topological polar surface area (TPSA) is 59.1 Å². The first kappa shape index (κ1) is 12.1. The van der Waals surface area contributed by atoms with E-state index < -0.39 is 9.84 Å². The minimum absolute atomic E-state index is 0.148. The van der Waals surface area contributed by atoms with Crippen molar-refractivity contribution in [3.8, 4) is 0 Å². The molecule has 0 aromatic carbocycles. The lowest BCUT2D eigenvalue weighted by Gasteiger charge is -2.13. The molecule has 0 amide bonds. The molecule has 0 spiro atoms. The van der Waals surface area contributed by atoms with Crippen LogP contribution in [0, 0.1) is 0 Å². The van der Waals surface area contributed by atoms with E-state index in [0.717, 1.165) is 5.56 Å². The standard InChI is InChI=1S/C10H16N2O2S/c1-9(10-3-5-11-6-4-10)12-7-8-15(2,13)14/h3-6,9,12H,7-8H2,1-2H3. The number of aromatic nitrogens is 1. The van der Waals surface area contributed by atoms with Crippen molar-refractivity contribution in [2.75, 3.05) is 18.6 Å². The zero-order valence-corrected chi connectivity index (χ0v) is 9.79. The smallest absolute Gasteiger partial charge is 0.148 e. The summed E-state index contributed by atoms with van der Waals surface area (Å²) in [5.74, 6) is 0.169. The van der Waals surface area contributed by atoms with E-state index in [-0.39, 0.29) is 11.8 Å². The Hall–Kier alpha value is -0.940. The molecule has 1 atom stereocenters. The van der Waals surface area contributed by atoms with Gasteiger partial charge in [0.05, 0.1) is 5.75 Å². The van der Waals surface area contributed by atoms with Gasteiger partial charge in [-0.25, -0.2) is 8.42 Å². The van der Waals surface area contributed by atoms with Crippen LogP contribution in [0.1, 0.15) is 18.5 Å². The Morgan fingerprint density at radius 3 is 2.53 bits per heavy atom. The van der Waals surface area contributed by atoms with Gasteiger partial charge in [0.25, 0.3) is 0 Å². The maximum Gasteiger partial charge on any atom is 0.148 e. The summed E-state index contributed by atoms with van der Waals surface area (Å²) < 4.78 is 21.8. The Balaban J connectivity index is 2.41. The van der Waals surface area contributed by atoms with Crippen LogP contribution in [0.25, 0.3) is 0 Å². The molecule has 1 aromatic rings. The SMILES string of the molecule is CC(NCCS(C)(=O)=O)c1ccncc1. The molecule has 0 saturated heterocycles. The third kappa shape index (κ3) is 4.90. The largest absolute Gasteiger partial charge is 0.309 e. The zero-order chi connectivity index (χ0) is 11.3. The first-order valence-electron chi connectivity index (χ1n) is 4.80. The Bertz CT molecular complexity index is 389. The van der Waals surface area contributed by atoms with Crippen molar-refractivity contribution in [3.05, 3.63) is 30.1 Å². The third-order valence-electron chi connectivity index (χ3n) is 2.13. The highest BCUT2D eigenvalue weighted by atomic mass is 32.2. The molecule has 1 heterocycles. The molecule has 1 unspecified atom stereocenters. The first-order valence-corrected chi connectivity index (χ1v) is 6.86. The molecule has 1 aromatic heterocycles. The van der Waals surface area contributed by atoms with Gasteiger partial charge in [-0.2, -0.15) is 0 Å². The lowest BCUT2D eigenvalue weighted by Crippen LogP contribution is -2.25. The van der Waals surface area contributed by atoms with Gasteiger partial charge in [0, 0.05) is 31.2 Å². The van der Waals surface area contributed by atoms with E-state index in [1.54, 1.807) is 12.4 Å². The van der Waals surface area contributed by atoms with Gasteiger partial charge in [0.15, 0.2) is 0 Å². The summed E-state index contributed by atoms with van der Waals surface area (Å²) in [5, 5.41) is 3.15. The summed E-state index contributed by atoms with van der Waals surface area (Å²) in [6.07, 6.45) is 4.69. The van der Waals surface area contributed by atoms with Crippen molar-refractivity contribution < 1.29 is 8.42 Å². The molecule has 0 saturated carbocycles. The van der Waals surface area contributed by atoms with Gasteiger partial charge in [0.1, 0.15) is 9.84 Å². The second kappa shape index (κ2) is 5.23. The highest BCUT2D eigenvalue weighted by Gasteiger charge is 2.06. The van der Waals surface area contributed by atoms with Crippen LogP contribution < -0.4 is 5.32 Å². The Morgan fingerprint density at radius 1 is 1.40 bits per heavy atom. The molecule has 84 valence electrons. The van der Waals surface area contributed by atoms with E-state index >= 15 is 0 Å². The van der Waals surface area contributed by atoms with E-state index in [1.807, 2.05) is 19.1 Å². The predicted octanol–water partition coefficient (Wildman–Crippen LogP) is 0.777. The maximum absolute atomic E-state index is 10.9. The molecule has 1 N–H and O–H groups in total. The van der Waals surface area contributed by atoms with Crippen LogP contribution >= 0.6 is 0 Å². The van der Waals surface area contributed by atoms with Crippen LogP contribution in [-0.4, -0.2) is 32.0 Å².